The lowest BCUT2D eigenvalue weighted by atomic mass is 9.79. The van der Waals surface area contributed by atoms with E-state index in [0.29, 0.717) is 11.3 Å². The maximum atomic E-state index is 14.4. The van der Waals surface area contributed by atoms with Gasteiger partial charge in [0.2, 0.25) is 17.7 Å². The minimum absolute atomic E-state index is 0.0171. The van der Waals surface area contributed by atoms with Gasteiger partial charge >= 0.3 is 0 Å². The van der Waals surface area contributed by atoms with Crippen molar-refractivity contribution in [3.63, 3.8) is 0 Å². The summed E-state index contributed by atoms with van der Waals surface area (Å²) in [6.07, 6.45) is 0.217. The molecule has 3 heterocycles. The Labute approximate surface area is 261 Å². The molecule has 12 heteroatoms. The van der Waals surface area contributed by atoms with Crippen molar-refractivity contribution in [3.8, 4) is 11.5 Å². The van der Waals surface area contributed by atoms with Crippen molar-refractivity contribution in [3.05, 3.63) is 64.9 Å². The number of primary amides is 1. The average molecular weight is 634 g/mol. The molecular formula is C33H37F2N5O4Si. The van der Waals surface area contributed by atoms with Crippen LogP contribution in [0.1, 0.15) is 48.3 Å². The second kappa shape index (κ2) is 11.5. The minimum Gasteiger partial charge on any atom is -0.368 e. The molecule has 3 atom stereocenters. The Morgan fingerprint density at radius 3 is 2.51 bits per heavy atom. The molecule has 0 unspecified atom stereocenters. The lowest BCUT2D eigenvalue weighted by Gasteiger charge is -2.33. The number of carbonyl (C=O) groups excluding carboxylic acids is 4. The highest BCUT2D eigenvalue weighted by atomic mass is 28.3. The van der Waals surface area contributed by atoms with Gasteiger partial charge in [0, 0.05) is 36.3 Å². The van der Waals surface area contributed by atoms with Crippen LogP contribution >= 0.6 is 0 Å². The molecule has 0 radical (unpaired) electrons. The fourth-order valence-electron chi connectivity index (χ4n) is 6.17. The second-order valence-electron chi connectivity index (χ2n) is 13.5. The second-order valence-corrected chi connectivity index (χ2v) is 18.2. The molecule has 1 aromatic heterocycles. The van der Waals surface area contributed by atoms with Gasteiger partial charge in [-0.1, -0.05) is 39.4 Å². The molecule has 2 aliphatic heterocycles. The van der Waals surface area contributed by atoms with E-state index in [1.54, 1.807) is 6.07 Å². The number of nitrogens with zero attached hydrogens (tertiary/aromatic N) is 2. The summed E-state index contributed by atoms with van der Waals surface area (Å²) in [6, 6.07) is 6.40. The number of fused-ring (bicyclic) bond motifs is 3. The van der Waals surface area contributed by atoms with Crippen molar-refractivity contribution < 1.29 is 28.0 Å². The zero-order valence-corrected chi connectivity index (χ0v) is 27.2. The third-order valence-corrected chi connectivity index (χ3v) is 9.29. The number of aromatic amines is 1. The summed E-state index contributed by atoms with van der Waals surface area (Å²) in [5.41, 5.74) is 9.96. The molecule has 0 saturated carbocycles. The van der Waals surface area contributed by atoms with Crippen molar-refractivity contribution in [2.24, 2.45) is 11.7 Å². The fourth-order valence-corrected chi connectivity index (χ4v) is 6.69. The molecule has 0 bridgehead atoms. The zero-order valence-electron chi connectivity index (χ0n) is 26.2. The van der Waals surface area contributed by atoms with Gasteiger partial charge in [-0.3, -0.25) is 19.2 Å². The number of hydrogen-bond acceptors (Lipinski definition) is 4. The Balaban J connectivity index is 1.50. The lowest BCUT2D eigenvalue weighted by Crippen LogP contribution is -2.54. The topological polar surface area (TPSA) is 129 Å². The maximum Gasteiger partial charge on any atom is 0.270 e. The molecule has 4 N–H and O–H groups in total. The first-order chi connectivity index (χ1) is 21.0. The van der Waals surface area contributed by atoms with E-state index < -0.39 is 54.9 Å². The Hall–Kier alpha value is -4.50. The van der Waals surface area contributed by atoms with Crippen LogP contribution in [-0.4, -0.2) is 72.2 Å². The van der Waals surface area contributed by atoms with Gasteiger partial charge in [0.1, 0.15) is 37.5 Å². The Kier molecular flexibility index (Phi) is 8.12. The van der Waals surface area contributed by atoms with Crippen molar-refractivity contribution in [1.82, 2.24) is 14.8 Å². The predicted octanol–water partition coefficient (Wildman–Crippen LogP) is 4.14. The lowest BCUT2D eigenvalue weighted by molar-refractivity contribution is -0.141. The first kappa shape index (κ1) is 31.9. The molecule has 45 heavy (non-hydrogen) atoms. The molecule has 4 amide bonds. The number of aromatic nitrogens is 1. The predicted molar refractivity (Wildman–Crippen MR) is 170 cm³/mol. The van der Waals surface area contributed by atoms with E-state index in [4.69, 9.17) is 5.73 Å². The smallest absolute Gasteiger partial charge is 0.270 e. The third kappa shape index (κ3) is 5.96. The summed E-state index contributed by atoms with van der Waals surface area (Å²) in [5.74, 6) is -0.718. The SMILES string of the molecule is CC(C)C[C@@H](C(=O)N1C[C@]2(C[C@H]1C(N)=O)C(=O)Nc1ccc(C#C[Si](C)(C)C)cc12)N(C)C(=O)c1cc2c(F)cc(F)cc2[nH]1. The van der Waals surface area contributed by atoms with Crippen LogP contribution in [0.2, 0.25) is 19.6 Å². The number of rotatable bonds is 6. The van der Waals surface area contributed by atoms with E-state index in [1.165, 1.54) is 22.9 Å². The summed E-state index contributed by atoms with van der Waals surface area (Å²) < 4.78 is 28.2. The number of nitrogens with two attached hydrogens (primary N) is 1. The molecule has 1 spiro atoms. The highest BCUT2D eigenvalue weighted by Crippen LogP contribution is 2.47. The van der Waals surface area contributed by atoms with Crippen molar-refractivity contribution in [2.45, 2.75) is 63.8 Å². The molecule has 0 aliphatic carbocycles. The first-order valence-corrected chi connectivity index (χ1v) is 18.3. The fraction of sp³-hybridized carbons (Fsp3) is 0.394. The third-order valence-electron chi connectivity index (χ3n) is 8.42. The van der Waals surface area contributed by atoms with Gasteiger partial charge < -0.3 is 25.8 Å². The molecule has 5 rings (SSSR count). The van der Waals surface area contributed by atoms with Gasteiger partial charge in [-0.15, -0.1) is 5.54 Å². The molecule has 9 nitrogen and oxygen atoms in total. The normalized spacial score (nSPS) is 19.8. The van der Waals surface area contributed by atoms with Gasteiger partial charge in [-0.05, 0) is 54.7 Å². The Bertz CT molecular complexity index is 1800. The quantitative estimate of drug-likeness (QED) is 0.279. The van der Waals surface area contributed by atoms with E-state index >= 15 is 0 Å². The monoisotopic (exact) mass is 633 g/mol. The van der Waals surface area contributed by atoms with E-state index in [0.717, 1.165) is 17.7 Å². The number of carbonyl (C=O) groups is 4. The average Bonchev–Trinajstić information content (AvgIpc) is 3.64. The number of likely N-dealkylation sites (N-methyl/N-ethyl adjacent to an activating group) is 1. The van der Waals surface area contributed by atoms with E-state index in [9.17, 15) is 28.0 Å². The van der Waals surface area contributed by atoms with Gasteiger partial charge in [0.15, 0.2) is 0 Å². The van der Waals surface area contributed by atoms with Crippen LogP contribution in [0.15, 0.2) is 36.4 Å². The number of amides is 4. The number of nitrogens with one attached hydrogen (secondary N) is 2. The standard InChI is InChI=1S/C33H37F2N5O4Si/c1-18(2)11-27(39(3)30(42)26-15-21-23(35)13-20(34)14-25(21)37-26)31(43)40-17-33(16-28(40)29(36)41)22-12-19(9-10-45(4,5)6)7-8-24(22)38-32(33)44/h7-8,12-15,18,27-28,37H,11,16-17H2,1-6H3,(H2,36,41)(H,38,44)/t27-,28-,33-/m0/s1. The summed E-state index contributed by atoms with van der Waals surface area (Å²) in [5, 5.41) is 2.94. The highest BCUT2D eigenvalue weighted by Gasteiger charge is 2.58. The summed E-state index contributed by atoms with van der Waals surface area (Å²) in [4.78, 5) is 59.7. The van der Waals surface area contributed by atoms with Gasteiger partial charge in [0.05, 0.1) is 10.9 Å². The van der Waals surface area contributed by atoms with Crippen LogP contribution in [-0.2, 0) is 19.8 Å². The van der Waals surface area contributed by atoms with Crippen molar-refractivity contribution in [1.29, 1.82) is 0 Å². The summed E-state index contributed by atoms with van der Waals surface area (Å²) >= 11 is 0. The number of benzene rings is 2. The van der Waals surface area contributed by atoms with Crippen LogP contribution in [0.3, 0.4) is 0 Å². The Morgan fingerprint density at radius 1 is 1.16 bits per heavy atom. The molecule has 3 aromatic rings. The highest BCUT2D eigenvalue weighted by molar-refractivity contribution is 6.83. The van der Waals surface area contributed by atoms with Gasteiger partial charge in [0.25, 0.3) is 5.91 Å². The molecule has 2 aliphatic rings. The number of H-pyrrole nitrogens is 1. The molecule has 1 saturated heterocycles. The van der Waals surface area contributed by atoms with Crippen LogP contribution < -0.4 is 11.1 Å². The van der Waals surface area contributed by atoms with Crippen LogP contribution in [0.4, 0.5) is 14.5 Å². The van der Waals surface area contributed by atoms with Gasteiger partial charge in [-0.25, -0.2) is 8.78 Å². The van der Waals surface area contributed by atoms with Crippen molar-refractivity contribution >= 4 is 48.3 Å². The molecule has 236 valence electrons. The first-order valence-electron chi connectivity index (χ1n) is 14.8. The Morgan fingerprint density at radius 2 is 1.87 bits per heavy atom. The van der Waals surface area contributed by atoms with E-state index in [-0.39, 0.29) is 47.8 Å². The van der Waals surface area contributed by atoms with Gasteiger partial charge in [-0.2, -0.15) is 0 Å². The maximum absolute atomic E-state index is 14.4. The molecule has 1 fully saturated rings. The number of likely N-dealkylation sites (tertiary alicyclic amines) is 1. The van der Waals surface area contributed by atoms with E-state index in [2.05, 4.69) is 41.4 Å². The summed E-state index contributed by atoms with van der Waals surface area (Å²) in [7, 11) is -0.238. The number of anilines is 1. The number of hydrogen-bond donors (Lipinski definition) is 3. The van der Waals surface area contributed by atoms with E-state index in [1.807, 2.05) is 26.0 Å². The zero-order chi connectivity index (χ0) is 33.0. The van der Waals surface area contributed by atoms with Crippen molar-refractivity contribution in [2.75, 3.05) is 18.9 Å². The van der Waals surface area contributed by atoms with Crippen LogP contribution in [0, 0.1) is 29.0 Å². The molecule has 2 aromatic carbocycles. The largest absolute Gasteiger partial charge is 0.368 e. The number of halogens is 2. The minimum atomic E-state index is -1.68. The van der Waals surface area contributed by atoms with Crippen LogP contribution in [0.25, 0.3) is 10.9 Å². The van der Waals surface area contributed by atoms with Crippen LogP contribution in [0.5, 0.6) is 0 Å². The summed E-state index contributed by atoms with van der Waals surface area (Å²) in [6.45, 7) is 10.0. The molecular weight excluding hydrogens is 596 g/mol.